The van der Waals surface area contributed by atoms with Crippen molar-refractivity contribution in [3.05, 3.63) is 28.2 Å². The minimum Gasteiger partial charge on any atom is -0.487 e. The molecule has 0 heterocycles. The van der Waals surface area contributed by atoms with Crippen LogP contribution in [0.2, 0.25) is 0 Å². The molecular formula is C7H5BrCeNO2-. The monoisotopic (exact) mass is 354 g/mol. The summed E-state index contributed by atoms with van der Waals surface area (Å²) in [6, 6.07) is 5.65. The van der Waals surface area contributed by atoms with Crippen molar-refractivity contribution in [3.8, 4) is 0 Å². The number of anilines is 1. The summed E-state index contributed by atoms with van der Waals surface area (Å²) in [6.45, 7) is 0. The van der Waals surface area contributed by atoms with Crippen LogP contribution in [0.1, 0.15) is 10.4 Å². The van der Waals surface area contributed by atoms with Crippen molar-refractivity contribution in [2.75, 3.05) is 5.73 Å². The minimum atomic E-state index is -1.04. The molecule has 3 N–H and O–H groups in total. The van der Waals surface area contributed by atoms with E-state index >= 15 is 0 Å². The van der Waals surface area contributed by atoms with Crippen LogP contribution < -0.4 is 5.73 Å². The molecule has 5 heteroatoms. The quantitative estimate of drug-likeness (QED) is 0.593. The van der Waals surface area contributed by atoms with Gasteiger partial charge in [-0.1, -0.05) is 26.1 Å². The number of hydrogen-bond acceptors (Lipinski definition) is 2. The van der Waals surface area contributed by atoms with E-state index in [1.807, 2.05) is 0 Å². The van der Waals surface area contributed by atoms with Crippen molar-refractivity contribution < 1.29 is 51.6 Å². The summed E-state index contributed by atoms with van der Waals surface area (Å²) in [7, 11) is 0. The van der Waals surface area contributed by atoms with Crippen LogP contribution in [-0.2, 0) is 0 Å². The molecule has 0 aromatic heterocycles. The Hall–Kier alpha value is 0.347. The third kappa shape index (κ3) is 3.00. The molecule has 1 aromatic rings. The summed E-state index contributed by atoms with van der Waals surface area (Å²) in [4.78, 5) is 10.4. The van der Waals surface area contributed by atoms with Crippen LogP contribution in [-0.4, -0.2) is 11.1 Å². The van der Waals surface area contributed by atoms with Gasteiger partial charge in [-0.15, -0.1) is 6.07 Å². The molecule has 0 bridgehead atoms. The third-order valence-corrected chi connectivity index (χ3v) is 1.63. The largest absolute Gasteiger partial charge is 0.487 e. The normalized spacial score (nSPS) is 8.75. The molecule has 62 valence electrons. The number of rotatable bonds is 1. The van der Waals surface area contributed by atoms with E-state index in [1.165, 1.54) is 6.07 Å². The van der Waals surface area contributed by atoms with Crippen LogP contribution in [0.3, 0.4) is 0 Å². The average molecular weight is 355 g/mol. The first kappa shape index (κ1) is 12.3. The van der Waals surface area contributed by atoms with E-state index in [2.05, 4.69) is 22.0 Å². The summed E-state index contributed by atoms with van der Waals surface area (Å²) in [5, 5.41) is 8.54. The van der Waals surface area contributed by atoms with Gasteiger partial charge in [0.2, 0.25) is 0 Å². The molecular weight excluding hydrogens is 350 g/mol. The van der Waals surface area contributed by atoms with E-state index < -0.39 is 5.97 Å². The van der Waals surface area contributed by atoms with E-state index in [0.29, 0.717) is 4.47 Å². The molecule has 0 unspecified atom stereocenters. The number of benzene rings is 1. The summed E-state index contributed by atoms with van der Waals surface area (Å²) in [5.41, 5.74) is 5.58. The maximum Gasteiger partial charge on any atom is 0.280 e. The molecule has 0 saturated carbocycles. The van der Waals surface area contributed by atoms with Crippen LogP contribution in [0.4, 0.5) is 5.69 Å². The number of carboxylic acids is 1. The Labute approximate surface area is 112 Å². The smallest absolute Gasteiger partial charge is 0.280 e. The molecule has 0 fully saturated rings. The van der Waals surface area contributed by atoms with Gasteiger partial charge in [-0.2, -0.15) is 12.1 Å². The zero-order valence-electron chi connectivity index (χ0n) is 5.97. The molecule has 1 rings (SSSR count). The molecule has 0 aliphatic heterocycles. The van der Waals surface area contributed by atoms with Gasteiger partial charge in [-0.25, -0.2) is 0 Å². The number of carbonyl (C=O) groups is 1. The fourth-order valence-electron chi connectivity index (χ4n) is 0.670. The Morgan fingerprint density at radius 1 is 1.58 bits per heavy atom. The molecule has 0 aliphatic carbocycles. The Bertz CT molecular complexity index is 303. The van der Waals surface area contributed by atoms with E-state index in [-0.39, 0.29) is 53.0 Å². The first-order valence-electron chi connectivity index (χ1n) is 2.82. The number of carboxylic acid groups (broad SMARTS) is 1. The second-order valence-corrected chi connectivity index (χ2v) is 2.79. The topological polar surface area (TPSA) is 63.3 Å². The van der Waals surface area contributed by atoms with Gasteiger partial charge in [0.15, 0.2) is 0 Å². The van der Waals surface area contributed by atoms with Crippen molar-refractivity contribution in [1.29, 1.82) is 0 Å². The third-order valence-electron chi connectivity index (χ3n) is 1.17. The molecule has 1 aromatic carbocycles. The van der Waals surface area contributed by atoms with Crippen LogP contribution >= 0.6 is 15.9 Å². The van der Waals surface area contributed by atoms with Crippen molar-refractivity contribution in [2.45, 2.75) is 0 Å². The SMILES string of the molecule is Nc1[c-]c(Br)ccc1C(=O)O.[Ce]. The predicted molar refractivity (Wildman–Crippen MR) is 44.3 cm³/mol. The molecule has 0 atom stereocenters. The van der Waals surface area contributed by atoms with Crippen LogP contribution in [0, 0.1) is 47.8 Å². The van der Waals surface area contributed by atoms with Crippen LogP contribution in [0.15, 0.2) is 16.6 Å². The number of halogens is 1. The second-order valence-electron chi connectivity index (χ2n) is 1.94. The summed E-state index contributed by atoms with van der Waals surface area (Å²) >= 11 is 3.12. The van der Waals surface area contributed by atoms with Gasteiger partial charge in [0.25, 0.3) is 5.97 Å². The van der Waals surface area contributed by atoms with Crippen LogP contribution in [0.5, 0.6) is 0 Å². The van der Waals surface area contributed by atoms with E-state index in [4.69, 9.17) is 10.8 Å². The summed E-state index contributed by atoms with van der Waals surface area (Å²) in [5.74, 6) is -1.04. The summed E-state index contributed by atoms with van der Waals surface area (Å²) < 4.78 is 0.653. The van der Waals surface area contributed by atoms with Gasteiger partial charge in [0, 0.05) is 41.7 Å². The first-order valence-corrected chi connectivity index (χ1v) is 3.61. The fourth-order valence-corrected chi connectivity index (χ4v) is 1.02. The molecule has 3 nitrogen and oxygen atoms in total. The molecule has 0 amide bonds. The van der Waals surface area contributed by atoms with Gasteiger partial charge < -0.3 is 10.8 Å². The zero-order chi connectivity index (χ0) is 8.43. The van der Waals surface area contributed by atoms with E-state index in [0.717, 1.165) is 0 Å². The van der Waals surface area contributed by atoms with Crippen LogP contribution in [0.25, 0.3) is 0 Å². The van der Waals surface area contributed by atoms with E-state index in [1.54, 1.807) is 6.07 Å². The Balaban J connectivity index is 0.00000121. The van der Waals surface area contributed by atoms with Gasteiger partial charge in [-0.3, -0.25) is 4.79 Å². The molecule has 0 radical (unpaired) electrons. The molecule has 12 heavy (non-hydrogen) atoms. The summed E-state index contributed by atoms with van der Waals surface area (Å²) in [6.07, 6.45) is 0. The Kier molecular flexibility index (Phi) is 5.31. The van der Waals surface area contributed by atoms with Crippen molar-refractivity contribution in [1.82, 2.24) is 0 Å². The maximum absolute atomic E-state index is 10.4. The van der Waals surface area contributed by atoms with Gasteiger partial charge >= 0.3 is 0 Å². The maximum atomic E-state index is 10.4. The molecule has 0 aliphatic rings. The number of nitrogens with two attached hydrogens (primary N) is 1. The van der Waals surface area contributed by atoms with Crippen molar-refractivity contribution in [3.63, 3.8) is 0 Å². The number of nitrogen functional groups attached to an aromatic ring is 1. The fraction of sp³-hybridized carbons (Fsp3) is 0. The average Bonchev–Trinajstić information content (AvgIpc) is 1.85. The Morgan fingerprint density at radius 3 is 2.58 bits per heavy atom. The first-order chi connectivity index (χ1) is 5.11. The van der Waals surface area contributed by atoms with Crippen molar-refractivity contribution >= 4 is 27.6 Å². The minimum absolute atomic E-state index is 0. The Morgan fingerprint density at radius 2 is 2.17 bits per heavy atom. The van der Waals surface area contributed by atoms with Crippen molar-refractivity contribution in [2.24, 2.45) is 0 Å². The van der Waals surface area contributed by atoms with Gasteiger partial charge in [-0.05, 0) is 5.56 Å². The van der Waals surface area contributed by atoms with Gasteiger partial charge in [0.05, 0.1) is 0 Å². The predicted octanol–water partition coefficient (Wildman–Crippen LogP) is 1.53. The van der Waals surface area contributed by atoms with Gasteiger partial charge in [0.1, 0.15) is 0 Å². The second kappa shape index (κ2) is 5.16. The standard InChI is InChI=1S/C7H5BrNO2.Ce/c8-4-1-2-5(7(10)11)6(9)3-4;/h1-2H,9H2,(H,10,11);/q-1;. The molecule has 0 spiro atoms. The number of aromatic carboxylic acids is 1. The number of hydrogen-bond donors (Lipinski definition) is 2. The molecule has 0 saturated heterocycles. The van der Waals surface area contributed by atoms with E-state index in [9.17, 15) is 4.79 Å². The zero-order valence-corrected chi connectivity index (χ0v) is 10.7.